The van der Waals surface area contributed by atoms with Gasteiger partial charge in [0, 0.05) is 16.1 Å². The molecule has 1 unspecified atom stereocenters. The zero-order valence-electron chi connectivity index (χ0n) is 18.8. The van der Waals surface area contributed by atoms with Crippen LogP contribution in [0.2, 0.25) is 10.0 Å². The number of benzene rings is 3. The summed E-state index contributed by atoms with van der Waals surface area (Å²) in [5.74, 6) is -0.455. The van der Waals surface area contributed by atoms with Gasteiger partial charge in [-0.25, -0.2) is 5.43 Å². The third kappa shape index (κ3) is 6.83. The van der Waals surface area contributed by atoms with Crippen molar-refractivity contribution in [2.45, 2.75) is 26.5 Å². The van der Waals surface area contributed by atoms with Gasteiger partial charge < -0.3 is 10.1 Å². The van der Waals surface area contributed by atoms with Gasteiger partial charge in [-0.15, -0.1) is 0 Å². The van der Waals surface area contributed by atoms with E-state index in [-0.39, 0.29) is 5.92 Å². The minimum atomic E-state index is -0.798. The predicted octanol–water partition coefficient (Wildman–Crippen LogP) is 5.48. The summed E-state index contributed by atoms with van der Waals surface area (Å²) in [5.41, 5.74) is 4.34. The number of para-hydroxylation sites is 1. The summed E-state index contributed by atoms with van der Waals surface area (Å²) < 4.78 is 5.90. The highest BCUT2D eigenvalue weighted by Gasteiger charge is 2.25. The van der Waals surface area contributed by atoms with Gasteiger partial charge in [0.25, 0.3) is 11.8 Å². The molecule has 0 saturated heterocycles. The molecule has 0 aromatic heterocycles. The lowest BCUT2D eigenvalue weighted by atomic mass is 10.0. The Morgan fingerprint density at radius 2 is 1.59 bits per heavy atom. The number of hydrazone groups is 1. The number of nitrogens with zero attached hydrogens (tertiary/aromatic N) is 1. The van der Waals surface area contributed by atoms with Gasteiger partial charge in [-0.3, -0.25) is 9.59 Å². The first-order valence-corrected chi connectivity index (χ1v) is 11.5. The Labute approximate surface area is 208 Å². The maximum Gasteiger partial charge on any atom is 0.262 e. The highest BCUT2D eigenvalue weighted by Crippen LogP contribution is 2.21. The average Bonchev–Trinajstić information content (AvgIpc) is 2.82. The number of hydrogen-bond acceptors (Lipinski definition) is 4. The number of halogens is 2. The van der Waals surface area contributed by atoms with E-state index in [4.69, 9.17) is 27.9 Å². The van der Waals surface area contributed by atoms with Crippen molar-refractivity contribution in [2.75, 3.05) is 0 Å². The molecule has 2 amide bonds. The van der Waals surface area contributed by atoms with Crippen LogP contribution in [-0.4, -0.2) is 24.1 Å². The lowest BCUT2D eigenvalue weighted by molar-refractivity contribution is -0.123. The van der Waals surface area contributed by atoms with Crippen molar-refractivity contribution in [3.05, 3.63) is 99.5 Å². The first-order chi connectivity index (χ1) is 16.4. The Bertz CT molecular complexity index is 1180. The Balaban J connectivity index is 1.64. The molecule has 0 aliphatic heterocycles. The summed E-state index contributed by atoms with van der Waals surface area (Å²) in [7, 11) is 0. The van der Waals surface area contributed by atoms with Crippen LogP contribution in [0.5, 0.6) is 5.75 Å². The van der Waals surface area contributed by atoms with Crippen molar-refractivity contribution < 1.29 is 14.3 Å². The van der Waals surface area contributed by atoms with Crippen LogP contribution < -0.4 is 15.5 Å². The molecule has 176 valence electrons. The summed E-state index contributed by atoms with van der Waals surface area (Å²) in [6, 6.07) is 20.6. The van der Waals surface area contributed by atoms with Crippen molar-refractivity contribution in [1.82, 2.24) is 10.7 Å². The van der Waals surface area contributed by atoms with Crippen molar-refractivity contribution in [2.24, 2.45) is 11.0 Å². The molecule has 0 aliphatic rings. The molecular formula is C26H25Cl2N3O3. The molecule has 2 N–H and O–H groups in total. The molecule has 34 heavy (non-hydrogen) atoms. The van der Waals surface area contributed by atoms with Gasteiger partial charge in [-0.05, 0) is 36.2 Å². The number of amides is 2. The lowest BCUT2D eigenvalue weighted by Crippen LogP contribution is -2.48. The van der Waals surface area contributed by atoms with Gasteiger partial charge in [0.1, 0.15) is 18.4 Å². The second kappa shape index (κ2) is 12.2. The van der Waals surface area contributed by atoms with Crippen LogP contribution >= 0.6 is 23.2 Å². The summed E-state index contributed by atoms with van der Waals surface area (Å²) in [4.78, 5) is 25.3. The highest BCUT2D eigenvalue weighted by molar-refractivity contribution is 6.33. The smallest absolute Gasteiger partial charge is 0.262 e. The molecule has 3 rings (SSSR count). The van der Waals surface area contributed by atoms with Crippen LogP contribution in [0, 0.1) is 5.92 Å². The van der Waals surface area contributed by atoms with E-state index in [0.717, 1.165) is 5.56 Å². The topological polar surface area (TPSA) is 79.8 Å². The summed E-state index contributed by atoms with van der Waals surface area (Å²) in [6.07, 6.45) is 1.49. The molecule has 0 heterocycles. The van der Waals surface area contributed by atoms with E-state index in [1.807, 2.05) is 50.2 Å². The number of rotatable bonds is 9. The maximum atomic E-state index is 12.7. The average molecular weight is 498 g/mol. The standard InChI is InChI=1S/C26H25Cl2N3O3/c1-17(2)24(30-25(32)20-11-5-7-13-22(20)28)26(33)31-29-15-18-9-4-8-14-23(18)34-16-19-10-3-6-12-21(19)27/h3-15,17,24H,16H2,1-2H3,(H,30,32)(H,31,33)/b29-15+. The van der Waals surface area contributed by atoms with Gasteiger partial charge >= 0.3 is 0 Å². The lowest BCUT2D eigenvalue weighted by Gasteiger charge is -2.20. The number of hydrogen-bond donors (Lipinski definition) is 2. The minimum absolute atomic E-state index is 0.173. The van der Waals surface area contributed by atoms with Gasteiger partial charge in [-0.2, -0.15) is 5.10 Å². The van der Waals surface area contributed by atoms with Crippen molar-refractivity contribution in [3.63, 3.8) is 0 Å². The number of nitrogens with one attached hydrogen (secondary N) is 2. The first-order valence-electron chi connectivity index (χ1n) is 10.7. The van der Waals surface area contributed by atoms with Gasteiger partial charge in [0.15, 0.2) is 0 Å². The normalized spacial score (nSPS) is 11.9. The second-order valence-corrected chi connectivity index (χ2v) is 8.64. The molecule has 3 aromatic carbocycles. The number of carbonyl (C=O) groups is 2. The molecule has 0 radical (unpaired) electrons. The maximum absolute atomic E-state index is 12.7. The SMILES string of the molecule is CC(C)C(NC(=O)c1ccccc1Cl)C(=O)N/N=C/c1ccccc1OCc1ccccc1Cl. The molecular weight excluding hydrogens is 473 g/mol. The molecule has 8 heteroatoms. The zero-order chi connectivity index (χ0) is 24.5. The fourth-order valence-corrected chi connectivity index (χ4v) is 3.54. The Hall–Kier alpha value is -3.35. The fourth-order valence-electron chi connectivity index (χ4n) is 3.12. The van der Waals surface area contributed by atoms with E-state index < -0.39 is 17.9 Å². The largest absolute Gasteiger partial charge is 0.488 e. The molecule has 6 nitrogen and oxygen atoms in total. The Kier molecular flexibility index (Phi) is 9.08. The Morgan fingerprint density at radius 1 is 0.941 bits per heavy atom. The van der Waals surface area contributed by atoms with E-state index in [1.165, 1.54) is 6.21 Å². The highest BCUT2D eigenvalue weighted by atomic mass is 35.5. The quantitative estimate of drug-likeness (QED) is 0.303. The van der Waals surface area contributed by atoms with Crippen molar-refractivity contribution in [3.8, 4) is 5.75 Å². The third-order valence-electron chi connectivity index (χ3n) is 4.99. The molecule has 0 saturated carbocycles. The first kappa shape index (κ1) is 25.3. The van der Waals surface area contributed by atoms with E-state index in [1.54, 1.807) is 36.4 Å². The molecule has 3 aromatic rings. The van der Waals surface area contributed by atoms with Gasteiger partial charge in [-0.1, -0.05) is 79.5 Å². The predicted molar refractivity (Wildman–Crippen MR) is 136 cm³/mol. The number of carbonyl (C=O) groups excluding carboxylic acids is 2. The van der Waals surface area contributed by atoms with E-state index >= 15 is 0 Å². The summed E-state index contributed by atoms with van der Waals surface area (Å²) in [5, 5.41) is 7.74. The van der Waals surface area contributed by atoms with Crippen LogP contribution in [0.15, 0.2) is 77.9 Å². The molecule has 1 atom stereocenters. The second-order valence-electron chi connectivity index (χ2n) is 7.83. The van der Waals surface area contributed by atoms with Crippen molar-refractivity contribution >= 4 is 41.2 Å². The zero-order valence-corrected chi connectivity index (χ0v) is 20.3. The minimum Gasteiger partial charge on any atom is -0.488 e. The van der Waals surface area contributed by atoms with Crippen LogP contribution in [0.4, 0.5) is 0 Å². The van der Waals surface area contributed by atoms with Crippen LogP contribution in [0.25, 0.3) is 0 Å². The van der Waals surface area contributed by atoms with E-state index in [2.05, 4.69) is 15.8 Å². The molecule has 0 fully saturated rings. The Morgan fingerprint density at radius 3 is 2.29 bits per heavy atom. The molecule has 0 spiro atoms. The van der Waals surface area contributed by atoms with Crippen LogP contribution in [0.1, 0.15) is 35.3 Å². The van der Waals surface area contributed by atoms with Crippen LogP contribution in [0.3, 0.4) is 0 Å². The third-order valence-corrected chi connectivity index (χ3v) is 5.69. The summed E-state index contributed by atoms with van der Waals surface area (Å²) in [6.45, 7) is 3.96. The van der Waals surface area contributed by atoms with Gasteiger partial charge in [0.05, 0.1) is 16.8 Å². The molecule has 0 bridgehead atoms. The fraction of sp³-hybridized carbons (Fsp3) is 0.192. The van der Waals surface area contributed by atoms with E-state index in [0.29, 0.717) is 33.5 Å². The molecule has 0 aliphatic carbocycles. The monoisotopic (exact) mass is 497 g/mol. The van der Waals surface area contributed by atoms with Gasteiger partial charge in [0.2, 0.25) is 0 Å². The van der Waals surface area contributed by atoms with Crippen LogP contribution in [-0.2, 0) is 11.4 Å². The summed E-state index contributed by atoms with van der Waals surface area (Å²) >= 11 is 12.3. The number of ether oxygens (including phenoxy) is 1. The van der Waals surface area contributed by atoms with E-state index in [9.17, 15) is 9.59 Å². The van der Waals surface area contributed by atoms with Crippen molar-refractivity contribution in [1.29, 1.82) is 0 Å².